The fourth-order valence-electron chi connectivity index (χ4n) is 4.01. The SMILES string of the molecule is Cc1nn(-c2ccccc2)c(C)c1NC(=O)CN1c2ccc([N+](=O)[O-])cc2CC1C. The molecule has 30 heavy (non-hydrogen) atoms. The van der Waals surface area contributed by atoms with Crippen LogP contribution in [0.1, 0.15) is 23.9 Å². The second kappa shape index (κ2) is 7.62. The Hall–Kier alpha value is -3.68. The van der Waals surface area contributed by atoms with Crippen LogP contribution in [0.5, 0.6) is 0 Å². The van der Waals surface area contributed by atoms with E-state index in [0.29, 0.717) is 12.1 Å². The fraction of sp³-hybridized carbons (Fsp3) is 0.273. The number of carbonyl (C=O) groups is 1. The molecule has 3 aromatic rings. The molecule has 0 bridgehead atoms. The van der Waals surface area contributed by atoms with Crippen LogP contribution in [0, 0.1) is 24.0 Å². The van der Waals surface area contributed by atoms with Gasteiger partial charge in [-0.15, -0.1) is 0 Å². The predicted octanol–water partition coefficient (Wildman–Crippen LogP) is 3.79. The van der Waals surface area contributed by atoms with E-state index in [1.54, 1.807) is 12.1 Å². The number of nitrogens with one attached hydrogen (secondary N) is 1. The molecule has 0 fully saturated rings. The minimum Gasteiger partial charge on any atom is -0.359 e. The zero-order valence-corrected chi connectivity index (χ0v) is 17.1. The van der Waals surface area contributed by atoms with Crippen molar-refractivity contribution in [2.24, 2.45) is 0 Å². The van der Waals surface area contributed by atoms with Gasteiger partial charge in [0, 0.05) is 23.9 Å². The molecule has 1 aliphatic rings. The Morgan fingerprint density at radius 2 is 1.97 bits per heavy atom. The largest absolute Gasteiger partial charge is 0.359 e. The zero-order chi connectivity index (χ0) is 21.4. The minimum absolute atomic E-state index is 0.0758. The van der Waals surface area contributed by atoms with Crippen LogP contribution in [0.3, 0.4) is 0 Å². The highest BCUT2D eigenvalue weighted by Crippen LogP contribution is 2.34. The number of nitro groups is 1. The summed E-state index contributed by atoms with van der Waals surface area (Å²) in [5, 5.41) is 18.6. The van der Waals surface area contributed by atoms with Gasteiger partial charge in [0.2, 0.25) is 5.91 Å². The van der Waals surface area contributed by atoms with Crippen molar-refractivity contribution in [3.05, 3.63) is 75.6 Å². The number of aromatic nitrogens is 2. The summed E-state index contributed by atoms with van der Waals surface area (Å²) in [5.41, 5.74) is 5.09. The van der Waals surface area contributed by atoms with Crippen LogP contribution in [-0.2, 0) is 11.2 Å². The van der Waals surface area contributed by atoms with Gasteiger partial charge < -0.3 is 10.2 Å². The molecule has 0 spiro atoms. The third-order valence-electron chi connectivity index (χ3n) is 5.50. The summed E-state index contributed by atoms with van der Waals surface area (Å²) in [6.07, 6.45) is 0.675. The Bertz CT molecular complexity index is 1120. The van der Waals surface area contributed by atoms with E-state index in [4.69, 9.17) is 0 Å². The molecule has 1 aliphatic heterocycles. The molecule has 1 unspecified atom stereocenters. The highest BCUT2D eigenvalue weighted by Gasteiger charge is 2.29. The second-order valence-corrected chi connectivity index (χ2v) is 7.59. The molecule has 1 N–H and O–H groups in total. The summed E-state index contributed by atoms with van der Waals surface area (Å²) < 4.78 is 1.82. The molecule has 8 nitrogen and oxygen atoms in total. The van der Waals surface area contributed by atoms with E-state index in [0.717, 1.165) is 28.3 Å². The molecular formula is C22H23N5O3. The van der Waals surface area contributed by atoms with Gasteiger partial charge >= 0.3 is 0 Å². The molecule has 1 amide bonds. The van der Waals surface area contributed by atoms with Crippen molar-refractivity contribution in [2.75, 3.05) is 16.8 Å². The summed E-state index contributed by atoms with van der Waals surface area (Å²) in [5.74, 6) is -0.146. The number of nitro benzene ring substituents is 1. The summed E-state index contributed by atoms with van der Waals surface area (Å²) in [6, 6.07) is 14.7. The van der Waals surface area contributed by atoms with E-state index in [-0.39, 0.29) is 24.2 Å². The average Bonchev–Trinajstić information content (AvgIpc) is 3.18. The Balaban J connectivity index is 1.53. The number of benzene rings is 2. The molecule has 1 aromatic heterocycles. The Morgan fingerprint density at radius 3 is 2.67 bits per heavy atom. The number of aryl methyl sites for hydroxylation is 1. The number of fused-ring (bicyclic) bond motifs is 1. The molecular weight excluding hydrogens is 382 g/mol. The molecule has 0 saturated heterocycles. The third kappa shape index (κ3) is 3.52. The van der Waals surface area contributed by atoms with Gasteiger partial charge in [-0.25, -0.2) is 4.68 Å². The smallest absolute Gasteiger partial charge is 0.269 e. The van der Waals surface area contributed by atoms with E-state index in [9.17, 15) is 14.9 Å². The molecule has 2 aromatic carbocycles. The molecule has 154 valence electrons. The molecule has 0 aliphatic carbocycles. The van der Waals surface area contributed by atoms with Crippen molar-refractivity contribution in [3.63, 3.8) is 0 Å². The number of non-ortho nitro benzene ring substituents is 1. The summed E-state index contributed by atoms with van der Waals surface area (Å²) in [6.45, 7) is 5.98. The van der Waals surface area contributed by atoms with E-state index in [1.807, 2.05) is 60.7 Å². The zero-order valence-electron chi connectivity index (χ0n) is 17.1. The maximum absolute atomic E-state index is 12.9. The number of para-hydroxylation sites is 1. The normalized spacial score (nSPS) is 15.2. The Kier molecular flexibility index (Phi) is 4.99. The van der Waals surface area contributed by atoms with E-state index < -0.39 is 4.92 Å². The quantitative estimate of drug-likeness (QED) is 0.515. The van der Waals surface area contributed by atoms with Crippen molar-refractivity contribution < 1.29 is 9.72 Å². The van der Waals surface area contributed by atoms with Gasteiger partial charge in [0.1, 0.15) is 0 Å². The first kappa shape index (κ1) is 19.6. The maximum atomic E-state index is 12.9. The Morgan fingerprint density at radius 1 is 1.23 bits per heavy atom. The van der Waals surface area contributed by atoms with E-state index in [1.165, 1.54) is 6.07 Å². The Labute approximate surface area is 174 Å². The van der Waals surface area contributed by atoms with Crippen LogP contribution >= 0.6 is 0 Å². The van der Waals surface area contributed by atoms with Gasteiger partial charge in [-0.3, -0.25) is 14.9 Å². The van der Waals surface area contributed by atoms with Crippen LogP contribution < -0.4 is 10.2 Å². The van der Waals surface area contributed by atoms with Gasteiger partial charge in [-0.2, -0.15) is 5.10 Å². The number of nitrogens with zero attached hydrogens (tertiary/aromatic N) is 4. The number of anilines is 2. The maximum Gasteiger partial charge on any atom is 0.269 e. The number of rotatable bonds is 5. The molecule has 2 heterocycles. The summed E-state index contributed by atoms with van der Waals surface area (Å²) in [7, 11) is 0. The topological polar surface area (TPSA) is 93.3 Å². The van der Waals surface area contributed by atoms with Crippen LogP contribution in [0.15, 0.2) is 48.5 Å². The van der Waals surface area contributed by atoms with Crippen LogP contribution in [0.2, 0.25) is 0 Å². The van der Waals surface area contributed by atoms with Crippen molar-refractivity contribution in [1.29, 1.82) is 0 Å². The monoisotopic (exact) mass is 405 g/mol. The summed E-state index contributed by atoms with van der Waals surface area (Å²) in [4.78, 5) is 25.5. The lowest BCUT2D eigenvalue weighted by molar-refractivity contribution is -0.384. The first-order chi connectivity index (χ1) is 14.3. The van der Waals surface area contributed by atoms with Gasteiger partial charge in [0.05, 0.1) is 34.2 Å². The van der Waals surface area contributed by atoms with Crippen molar-refractivity contribution in [2.45, 2.75) is 33.2 Å². The minimum atomic E-state index is -0.393. The number of hydrogen-bond acceptors (Lipinski definition) is 5. The second-order valence-electron chi connectivity index (χ2n) is 7.59. The molecule has 0 radical (unpaired) electrons. The third-order valence-corrected chi connectivity index (χ3v) is 5.50. The first-order valence-electron chi connectivity index (χ1n) is 9.80. The first-order valence-corrected chi connectivity index (χ1v) is 9.80. The van der Waals surface area contributed by atoms with Gasteiger partial charge in [-0.1, -0.05) is 18.2 Å². The van der Waals surface area contributed by atoms with E-state index >= 15 is 0 Å². The molecule has 4 rings (SSSR count). The number of amides is 1. The predicted molar refractivity (Wildman–Crippen MR) is 115 cm³/mol. The lowest BCUT2D eigenvalue weighted by Crippen LogP contribution is -2.37. The van der Waals surface area contributed by atoms with Gasteiger partial charge in [0.25, 0.3) is 5.69 Å². The van der Waals surface area contributed by atoms with Crippen molar-refractivity contribution >= 4 is 23.0 Å². The number of hydrogen-bond donors (Lipinski definition) is 1. The van der Waals surface area contributed by atoms with Crippen molar-refractivity contribution in [3.8, 4) is 5.69 Å². The average molecular weight is 405 g/mol. The van der Waals surface area contributed by atoms with Crippen LogP contribution in [-0.4, -0.2) is 33.2 Å². The standard InChI is InChI=1S/C22H23N5O3/c1-14-11-17-12-19(27(29)30)9-10-20(17)25(14)13-21(28)23-22-15(2)24-26(16(22)3)18-7-5-4-6-8-18/h4-10,12,14H,11,13H2,1-3H3,(H,23,28). The molecule has 0 saturated carbocycles. The van der Waals surface area contributed by atoms with Gasteiger partial charge in [0.15, 0.2) is 0 Å². The molecule has 1 atom stereocenters. The van der Waals surface area contributed by atoms with Crippen LogP contribution in [0.25, 0.3) is 5.69 Å². The lowest BCUT2D eigenvalue weighted by Gasteiger charge is -2.24. The highest BCUT2D eigenvalue weighted by molar-refractivity contribution is 5.95. The fourth-order valence-corrected chi connectivity index (χ4v) is 4.01. The molecule has 8 heteroatoms. The van der Waals surface area contributed by atoms with Crippen molar-refractivity contribution in [1.82, 2.24) is 9.78 Å². The highest BCUT2D eigenvalue weighted by atomic mass is 16.6. The van der Waals surface area contributed by atoms with E-state index in [2.05, 4.69) is 10.4 Å². The van der Waals surface area contributed by atoms with Crippen LogP contribution in [0.4, 0.5) is 17.1 Å². The lowest BCUT2D eigenvalue weighted by atomic mass is 10.1. The summed E-state index contributed by atoms with van der Waals surface area (Å²) >= 11 is 0. The number of carbonyl (C=O) groups excluding carboxylic acids is 1. The van der Waals surface area contributed by atoms with Gasteiger partial charge in [-0.05, 0) is 51.0 Å².